The van der Waals surface area contributed by atoms with E-state index in [4.69, 9.17) is 4.74 Å². The van der Waals surface area contributed by atoms with Crippen LogP contribution in [0.15, 0.2) is 0 Å². The number of rotatable bonds is 5. The van der Waals surface area contributed by atoms with Gasteiger partial charge in [0.1, 0.15) is 5.60 Å². The van der Waals surface area contributed by atoms with E-state index in [0.29, 0.717) is 26.2 Å². The highest BCUT2D eigenvalue weighted by molar-refractivity contribution is 5.78. The maximum absolute atomic E-state index is 13.4. The summed E-state index contributed by atoms with van der Waals surface area (Å²) in [6, 6.07) is 0. The van der Waals surface area contributed by atoms with E-state index in [-0.39, 0.29) is 5.92 Å². The Morgan fingerprint density at radius 3 is 2.13 bits per heavy atom. The highest BCUT2D eigenvalue weighted by Crippen LogP contribution is 2.54. The minimum Gasteiger partial charge on any atom is -0.458 e. The minimum absolute atomic E-state index is 0.0709. The first-order valence-electron chi connectivity index (χ1n) is 7.95. The molecule has 0 aromatic rings. The summed E-state index contributed by atoms with van der Waals surface area (Å²) in [5.74, 6) is -4.23. The Bertz CT molecular complexity index is 470. The van der Waals surface area contributed by atoms with Crippen LogP contribution < -0.4 is 0 Å². The Hall–Kier alpha value is -0.880. The molecule has 0 spiro atoms. The molecule has 0 aromatic carbocycles. The van der Waals surface area contributed by atoms with Crippen LogP contribution in [0, 0.1) is 17.3 Å². The Morgan fingerprint density at radius 1 is 1.13 bits per heavy atom. The first-order valence-corrected chi connectivity index (χ1v) is 7.95. The topological polar surface area (TPSA) is 26.3 Å². The number of alkyl halides is 5. The molecule has 2 bridgehead atoms. The van der Waals surface area contributed by atoms with Crippen molar-refractivity contribution in [3.8, 4) is 0 Å². The Labute approximate surface area is 132 Å². The van der Waals surface area contributed by atoms with Crippen LogP contribution in [-0.2, 0) is 9.53 Å². The van der Waals surface area contributed by atoms with Gasteiger partial charge in [0.15, 0.2) is 5.41 Å². The number of hydrogen-bond acceptors (Lipinski definition) is 2. The van der Waals surface area contributed by atoms with Crippen LogP contribution in [0.4, 0.5) is 22.0 Å². The van der Waals surface area contributed by atoms with E-state index in [0.717, 1.165) is 19.3 Å². The molecule has 2 fully saturated rings. The van der Waals surface area contributed by atoms with Gasteiger partial charge < -0.3 is 4.74 Å². The average Bonchev–Trinajstić information content (AvgIpc) is 2.92. The number of esters is 1. The second-order valence-corrected chi connectivity index (χ2v) is 7.68. The van der Waals surface area contributed by atoms with Crippen LogP contribution >= 0.6 is 0 Å². The van der Waals surface area contributed by atoms with Crippen molar-refractivity contribution in [2.75, 3.05) is 0 Å². The standard InChI is InChI=1S/C16H23F5O2/c1-13(16(19,20)21,6-7-15(3,17)18)12(22)23-14(2)9-10-4-5-11(14)8-10/h10-11H,4-9H2,1-3H3. The van der Waals surface area contributed by atoms with E-state index in [1.807, 2.05) is 0 Å². The lowest BCUT2D eigenvalue weighted by molar-refractivity contribution is -0.242. The van der Waals surface area contributed by atoms with Gasteiger partial charge in [0.25, 0.3) is 0 Å². The van der Waals surface area contributed by atoms with E-state index in [1.54, 1.807) is 6.92 Å². The zero-order chi connectivity index (χ0) is 17.7. The molecule has 23 heavy (non-hydrogen) atoms. The van der Waals surface area contributed by atoms with Crippen molar-refractivity contribution in [3.05, 3.63) is 0 Å². The van der Waals surface area contributed by atoms with E-state index < -0.39 is 41.9 Å². The van der Waals surface area contributed by atoms with Crippen molar-refractivity contribution in [2.45, 2.75) is 77.0 Å². The molecule has 4 unspecified atom stereocenters. The quantitative estimate of drug-likeness (QED) is 0.512. The normalized spacial score (nSPS) is 33.6. The van der Waals surface area contributed by atoms with E-state index >= 15 is 0 Å². The third kappa shape index (κ3) is 3.63. The van der Waals surface area contributed by atoms with Gasteiger partial charge in [-0.2, -0.15) is 13.2 Å². The second kappa shape index (κ2) is 5.59. The van der Waals surface area contributed by atoms with Crippen molar-refractivity contribution in [2.24, 2.45) is 17.3 Å². The molecule has 134 valence electrons. The molecule has 0 heterocycles. The number of carbonyl (C=O) groups is 1. The van der Waals surface area contributed by atoms with Gasteiger partial charge in [0.2, 0.25) is 5.92 Å². The number of halogens is 5. The van der Waals surface area contributed by atoms with Gasteiger partial charge in [-0.15, -0.1) is 0 Å². The van der Waals surface area contributed by atoms with Crippen LogP contribution in [0.3, 0.4) is 0 Å². The SMILES string of the molecule is CC(F)(F)CCC(C)(C(=O)OC1(C)CC2CCC1C2)C(F)(F)F. The highest BCUT2D eigenvalue weighted by Gasteiger charge is 2.60. The van der Waals surface area contributed by atoms with Gasteiger partial charge in [-0.25, -0.2) is 8.78 Å². The fourth-order valence-corrected chi connectivity index (χ4v) is 3.83. The molecular formula is C16H23F5O2. The molecule has 7 heteroatoms. The summed E-state index contributed by atoms with van der Waals surface area (Å²) < 4.78 is 71.4. The van der Waals surface area contributed by atoms with Crippen LogP contribution in [-0.4, -0.2) is 23.7 Å². The molecule has 2 saturated carbocycles. The van der Waals surface area contributed by atoms with E-state index in [1.165, 1.54) is 0 Å². The van der Waals surface area contributed by atoms with Crippen LogP contribution in [0.2, 0.25) is 0 Å². The minimum atomic E-state index is -4.93. The molecule has 0 aromatic heterocycles. The van der Waals surface area contributed by atoms with Crippen molar-refractivity contribution in [1.29, 1.82) is 0 Å². The molecule has 2 aliphatic rings. The summed E-state index contributed by atoms with van der Waals surface area (Å²) in [6.45, 7) is 2.88. The Morgan fingerprint density at radius 2 is 1.74 bits per heavy atom. The van der Waals surface area contributed by atoms with E-state index in [9.17, 15) is 26.7 Å². The summed E-state index contributed by atoms with van der Waals surface area (Å²) in [5, 5.41) is 0. The lowest BCUT2D eigenvalue weighted by atomic mass is 9.81. The Balaban J connectivity index is 2.14. The number of carbonyl (C=O) groups excluding carboxylic acids is 1. The molecule has 0 radical (unpaired) electrons. The van der Waals surface area contributed by atoms with E-state index in [2.05, 4.69) is 0 Å². The van der Waals surface area contributed by atoms with Crippen LogP contribution in [0.1, 0.15) is 59.3 Å². The van der Waals surface area contributed by atoms with Gasteiger partial charge in [-0.05, 0) is 64.7 Å². The lowest BCUT2D eigenvalue weighted by Gasteiger charge is -2.38. The first kappa shape index (κ1) is 18.5. The summed E-state index contributed by atoms with van der Waals surface area (Å²) in [6.07, 6.45) is -3.66. The maximum Gasteiger partial charge on any atom is 0.404 e. The number of hydrogen-bond donors (Lipinski definition) is 0. The second-order valence-electron chi connectivity index (χ2n) is 7.68. The predicted molar refractivity (Wildman–Crippen MR) is 74.0 cm³/mol. The fourth-order valence-electron chi connectivity index (χ4n) is 3.83. The molecule has 0 N–H and O–H groups in total. The molecule has 0 amide bonds. The largest absolute Gasteiger partial charge is 0.458 e. The summed E-state index contributed by atoms with van der Waals surface area (Å²) in [5.41, 5.74) is -3.81. The third-order valence-corrected chi connectivity index (χ3v) is 5.56. The number of ether oxygens (including phenoxy) is 1. The molecular weight excluding hydrogens is 319 g/mol. The van der Waals surface area contributed by atoms with Crippen molar-refractivity contribution in [3.63, 3.8) is 0 Å². The van der Waals surface area contributed by atoms with Crippen LogP contribution in [0.25, 0.3) is 0 Å². The lowest BCUT2D eigenvalue weighted by Crippen LogP contribution is -2.49. The predicted octanol–water partition coefficient (Wildman–Crippen LogP) is 5.11. The zero-order valence-corrected chi connectivity index (χ0v) is 13.6. The molecule has 0 saturated heterocycles. The maximum atomic E-state index is 13.4. The molecule has 2 rings (SSSR count). The van der Waals surface area contributed by atoms with Gasteiger partial charge in [-0.3, -0.25) is 4.79 Å². The Kier molecular flexibility index (Phi) is 4.48. The summed E-state index contributed by atoms with van der Waals surface area (Å²) in [7, 11) is 0. The van der Waals surface area contributed by atoms with Gasteiger partial charge >= 0.3 is 12.1 Å². The monoisotopic (exact) mass is 342 g/mol. The average molecular weight is 342 g/mol. The zero-order valence-electron chi connectivity index (χ0n) is 13.6. The van der Waals surface area contributed by atoms with Gasteiger partial charge in [0, 0.05) is 6.42 Å². The highest BCUT2D eigenvalue weighted by atomic mass is 19.4. The number of fused-ring (bicyclic) bond motifs is 2. The smallest absolute Gasteiger partial charge is 0.404 e. The van der Waals surface area contributed by atoms with Crippen molar-refractivity contribution < 1.29 is 31.5 Å². The summed E-state index contributed by atoms with van der Waals surface area (Å²) >= 11 is 0. The third-order valence-electron chi connectivity index (χ3n) is 5.56. The fraction of sp³-hybridized carbons (Fsp3) is 0.938. The molecule has 2 aliphatic carbocycles. The van der Waals surface area contributed by atoms with Crippen LogP contribution in [0.5, 0.6) is 0 Å². The first-order chi connectivity index (χ1) is 10.3. The molecule has 0 aliphatic heterocycles. The van der Waals surface area contributed by atoms with Gasteiger partial charge in [-0.1, -0.05) is 0 Å². The van der Waals surface area contributed by atoms with Gasteiger partial charge in [0.05, 0.1) is 0 Å². The van der Waals surface area contributed by atoms with Crippen molar-refractivity contribution >= 4 is 5.97 Å². The van der Waals surface area contributed by atoms with Crippen molar-refractivity contribution in [1.82, 2.24) is 0 Å². The molecule has 4 atom stereocenters. The molecule has 2 nitrogen and oxygen atoms in total. The summed E-state index contributed by atoms with van der Waals surface area (Å²) in [4.78, 5) is 12.3.